The molecule has 4 heterocycles. The molecule has 1 saturated carbocycles. The number of hydrogen-bond donors (Lipinski definition) is 0. The molecule has 5 fully saturated rings. The van der Waals surface area contributed by atoms with E-state index in [0.29, 0.717) is 24.4 Å². The minimum absolute atomic E-state index is 0.591. The van der Waals surface area contributed by atoms with E-state index in [1.807, 2.05) is 0 Å². The smallest absolute Gasteiger partial charge is 0.0632 e. The van der Waals surface area contributed by atoms with Crippen molar-refractivity contribution in [2.45, 2.75) is 63.4 Å². The highest BCUT2D eigenvalue weighted by Crippen LogP contribution is 2.51. The van der Waals surface area contributed by atoms with Crippen molar-refractivity contribution < 1.29 is 9.47 Å². The lowest BCUT2D eigenvalue weighted by Crippen LogP contribution is -2.55. The van der Waals surface area contributed by atoms with Gasteiger partial charge in [0.25, 0.3) is 0 Å². The Kier molecular flexibility index (Phi) is 1.79. The molecule has 0 radical (unpaired) electrons. The van der Waals surface area contributed by atoms with Crippen LogP contribution in [0, 0.1) is 17.8 Å². The van der Waals surface area contributed by atoms with E-state index in [2.05, 4.69) is 6.92 Å². The van der Waals surface area contributed by atoms with Gasteiger partial charge in [-0.1, -0.05) is 6.92 Å². The molecule has 0 aromatic rings. The number of hydrogen-bond acceptors (Lipinski definition) is 2. The number of fused-ring (bicyclic) bond motifs is 4. The van der Waals surface area contributed by atoms with Crippen LogP contribution in [0.5, 0.6) is 0 Å². The first kappa shape index (κ1) is 9.00. The second-order valence-corrected chi connectivity index (χ2v) is 6.08. The Morgan fingerprint density at radius 3 is 2.20 bits per heavy atom. The van der Waals surface area contributed by atoms with Crippen molar-refractivity contribution in [3.05, 3.63) is 0 Å². The first-order valence-electron chi connectivity index (χ1n) is 6.62. The maximum Gasteiger partial charge on any atom is 0.0632 e. The highest BCUT2D eigenvalue weighted by molar-refractivity contribution is 5.00. The van der Waals surface area contributed by atoms with Crippen LogP contribution in [0.15, 0.2) is 0 Å². The van der Waals surface area contributed by atoms with Crippen LogP contribution in [0.2, 0.25) is 0 Å². The van der Waals surface area contributed by atoms with E-state index in [4.69, 9.17) is 9.47 Å². The topological polar surface area (TPSA) is 18.5 Å². The van der Waals surface area contributed by atoms with Crippen LogP contribution in [0.25, 0.3) is 0 Å². The molecule has 2 nitrogen and oxygen atoms in total. The molecule has 5 unspecified atom stereocenters. The average molecular weight is 208 g/mol. The molecule has 5 aliphatic rings. The Labute approximate surface area is 91.3 Å². The van der Waals surface area contributed by atoms with Crippen molar-refractivity contribution in [3.63, 3.8) is 0 Å². The van der Waals surface area contributed by atoms with Crippen LogP contribution in [-0.2, 0) is 9.47 Å². The summed E-state index contributed by atoms with van der Waals surface area (Å²) in [4.78, 5) is 0. The molecule has 0 N–H and O–H groups in total. The van der Waals surface area contributed by atoms with Crippen molar-refractivity contribution >= 4 is 0 Å². The second-order valence-electron chi connectivity index (χ2n) is 6.08. The Morgan fingerprint density at radius 1 is 0.867 bits per heavy atom. The van der Waals surface area contributed by atoms with Gasteiger partial charge in [-0.2, -0.15) is 0 Å². The van der Waals surface area contributed by atoms with Gasteiger partial charge in [0, 0.05) is 5.92 Å². The van der Waals surface area contributed by atoms with Gasteiger partial charge in [-0.15, -0.1) is 0 Å². The summed E-state index contributed by atoms with van der Waals surface area (Å²) in [5.74, 6) is 2.63. The molecule has 2 heteroatoms. The van der Waals surface area contributed by atoms with Crippen LogP contribution >= 0.6 is 0 Å². The third-order valence-corrected chi connectivity index (χ3v) is 5.35. The fourth-order valence-corrected chi connectivity index (χ4v) is 4.38. The van der Waals surface area contributed by atoms with Crippen molar-refractivity contribution in [3.8, 4) is 0 Å². The molecular weight excluding hydrogens is 188 g/mol. The summed E-state index contributed by atoms with van der Waals surface area (Å²) in [5, 5.41) is 0. The SMILES string of the molecule is CC1C2CC(C3CC4CCC3O4)CC1O2. The molecular formula is C13H20O2. The highest BCUT2D eigenvalue weighted by atomic mass is 16.5. The van der Waals surface area contributed by atoms with E-state index < -0.39 is 0 Å². The minimum atomic E-state index is 0.591. The standard InChI is InChI=1S/C13H20O2/c1-7-12-4-8(5-13(7)15-12)10-6-9-2-3-11(10)14-9/h7-13H,2-6H2,1H3. The third kappa shape index (κ3) is 1.18. The summed E-state index contributed by atoms with van der Waals surface area (Å²) < 4.78 is 11.8. The Morgan fingerprint density at radius 2 is 1.67 bits per heavy atom. The van der Waals surface area contributed by atoms with Crippen LogP contribution < -0.4 is 0 Å². The molecule has 5 rings (SSSR count). The van der Waals surface area contributed by atoms with Crippen LogP contribution in [0.4, 0.5) is 0 Å². The van der Waals surface area contributed by atoms with Gasteiger partial charge in [-0.25, -0.2) is 0 Å². The zero-order valence-corrected chi connectivity index (χ0v) is 9.39. The van der Waals surface area contributed by atoms with Crippen LogP contribution in [0.1, 0.15) is 39.0 Å². The molecule has 0 amide bonds. The quantitative estimate of drug-likeness (QED) is 0.658. The summed E-state index contributed by atoms with van der Waals surface area (Å²) in [6.07, 6.45) is 9.06. The molecule has 0 aromatic carbocycles. The Balaban J connectivity index is 1.47. The Hall–Kier alpha value is -0.0800. The van der Waals surface area contributed by atoms with Gasteiger partial charge in [-0.05, 0) is 43.9 Å². The zero-order valence-electron chi connectivity index (χ0n) is 9.39. The van der Waals surface area contributed by atoms with Crippen molar-refractivity contribution in [2.75, 3.05) is 0 Å². The molecule has 4 saturated heterocycles. The Bertz CT molecular complexity index is 266. The van der Waals surface area contributed by atoms with E-state index in [1.54, 1.807) is 0 Å². The van der Waals surface area contributed by atoms with Gasteiger partial charge in [0.1, 0.15) is 0 Å². The molecule has 5 atom stereocenters. The highest BCUT2D eigenvalue weighted by Gasteiger charge is 2.52. The second kappa shape index (κ2) is 2.98. The average Bonchev–Trinajstić information content (AvgIpc) is 2.90. The monoisotopic (exact) mass is 208 g/mol. The van der Waals surface area contributed by atoms with E-state index in [0.717, 1.165) is 17.8 Å². The summed E-state index contributed by atoms with van der Waals surface area (Å²) in [5.41, 5.74) is 0. The maximum atomic E-state index is 5.97. The molecule has 0 aromatic heterocycles. The van der Waals surface area contributed by atoms with Crippen molar-refractivity contribution in [1.29, 1.82) is 0 Å². The molecule has 4 bridgehead atoms. The minimum Gasteiger partial charge on any atom is -0.375 e. The number of rotatable bonds is 1. The lowest BCUT2D eigenvalue weighted by molar-refractivity contribution is -0.227. The summed E-state index contributed by atoms with van der Waals surface area (Å²) in [6, 6.07) is 0. The predicted octanol–water partition coefficient (Wildman–Crippen LogP) is 2.37. The van der Waals surface area contributed by atoms with Crippen molar-refractivity contribution in [2.24, 2.45) is 17.8 Å². The van der Waals surface area contributed by atoms with Gasteiger partial charge < -0.3 is 9.47 Å². The predicted molar refractivity (Wildman–Crippen MR) is 56.6 cm³/mol. The van der Waals surface area contributed by atoms with Crippen molar-refractivity contribution in [1.82, 2.24) is 0 Å². The maximum absolute atomic E-state index is 5.97. The van der Waals surface area contributed by atoms with Gasteiger partial charge in [0.15, 0.2) is 0 Å². The molecule has 15 heavy (non-hydrogen) atoms. The van der Waals surface area contributed by atoms with Gasteiger partial charge in [0.05, 0.1) is 24.4 Å². The van der Waals surface area contributed by atoms with Crippen LogP contribution in [-0.4, -0.2) is 24.4 Å². The third-order valence-electron chi connectivity index (χ3n) is 5.35. The van der Waals surface area contributed by atoms with E-state index in [-0.39, 0.29) is 0 Å². The lowest BCUT2D eigenvalue weighted by atomic mass is 9.66. The van der Waals surface area contributed by atoms with E-state index in [9.17, 15) is 0 Å². The van der Waals surface area contributed by atoms with Gasteiger partial charge in [0.2, 0.25) is 0 Å². The van der Waals surface area contributed by atoms with Gasteiger partial charge >= 0.3 is 0 Å². The summed E-state index contributed by atoms with van der Waals surface area (Å²) >= 11 is 0. The van der Waals surface area contributed by atoms with E-state index >= 15 is 0 Å². The zero-order chi connectivity index (χ0) is 9.99. The number of ether oxygens (including phenoxy) is 2. The first-order valence-corrected chi connectivity index (χ1v) is 6.62. The molecule has 1 aliphatic carbocycles. The fourth-order valence-electron chi connectivity index (χ4n) is 4.38. The molecule has 84 valence electrons. The van der Waals surface area contributed by atoms with E-state index in [1.165, 1.54) is 32.1 Å². The fraction of sp³-hybridized carbons (Fsp3) is 1.00. The lowest BCUT2D eigenvalue weighted by Gasteiger charge is -2.52. The first-order chi connectivity index (χ1) is 7.31. The summed E-state index contributed by atoms with van der Waals surface area (Å²) in [7, 11) is 0. The summed E-state index contributed by atoms with van der Waals surface area (Å²) in [6.45, 7) is 2.35. The molecule has 4 aliphatic heterocycles. The van der Waals surface area contributed by atoms with Crippen LogP contribution in [0.3, 0.4) is 0 Å². The largest absolute Gasteiger partial charge is 0.375 e. The van der Waals surface area contributed by atoms with Gasteiger partial charge in [-0.3, -0.25) is 0 Å². The molecule has 0 spiro atoms. The normalized spacial score (nSPS) is 61.8.